The Morgan fingerprint density at radius 1 is 0.964 bits per heavy atom. The van der Waals surface area contributed by atoms with Gasteiger partial charge in [-0.1, -0.05) is 6.07 Å². The Morgan fingerprint density at radius 3 is 2.50 bits per heavy atom. The fourth-order valence-electron chi connectivity index (χ4n) is 3.04. The van der Waals surface area contributed by atoms with E-state index in [-0.39, 0.29) is 19.2 Å². The molecule has 0 fully saturated rings. The maximum Gasteiger partial charge on any atom is 0.231 e. The molecule has 9 heteroatoms. The lowest BCUT2D eigenvalue weighted by Gasteiger charge is -2.16. The second-order valence-corrected chi connectivity index (χ2v) is 5.80. The molecule has 2 aromatic carbocycles. The summed E-state index contributed by atoms with van der Waals surface area (Å²) in [5, 5.41) is 4.11. The van der Waals surface area contributed by atoms with E-state index in [2.05, 4.69) is 15.3 Å². The Morgan fingerprint density at radius 2 is 1.75 bits per heavy atom. The summed E-state index contributed by atoms with van der Waals surface area (Å²) in [4.78, 5) is 8.72. The summed E-state index contributed by atoms with van der Waals surface area (Å²) < 4.78 is 27.1. The number of anilines is 1. The average molecular weight is 406 g/mol. The van der Waals surface area contributed by atoms with Crippen molar-refractivity contribution in [3.8, 4) is 28.7 Å². The van der Waals surface area contributed by atoms with Gasteiger partial charge in [-0.05, 0) is 23.8 Å². The molecule has 0 saturated carbocycles. The molecule has 28 heavy (non-hydrogen) atoms. The summed E-state index contributed by atoms with van der Waals surface area (Å²) in [5.74, 6) is 3.70. The number of benzene rings is 2. The first kappa shape index (κ1) is 19.6. The van der Waals surface area contributed by atoms with E-state index in [1.807, 2.05) is 24.3 Å². The van der Waals surface area contributed by atoms with Crippen LogP contribution in [0.4, 0.5) is 5.82 Å². The molecule has 0 unspecified atom stereocenters. The van der Waals surface area contributed by atoms with Crippen LogP contribution in [0.5, 0.6) is 28.7 Å². The lowest BCUT2D eigenvalue weighted by Crippen LogP contribution is -2.04. The molecule has 1 aliphatic rings. The maximum atomic E-state index is 5.51. The zero-order valence-corrected chi connectivity index (χ0v) is 16.5. The Kier molecular flexibility index (Phi) is 5.79. The Balaban J connectivity index is 0.00000225. The summed E-state index contributed by atoms with van der Waals surface area (Å²) in [6.07, 6.45) is 1.48. The molecule has 0 atom stereocenters. The van der Waals surface area contributed by atoms with Gasteiger partial charge in [0.05, 0.1) is 26.7 Å². The van der Waals surface area contributed by atoms with Gasteiger partial charge >= 0.3 is 0 Å². The largest absolute Gasteiger partial charge is 0.493 e. The predicted octanol–water partition coefficient (Wildman–Crippen LogP) is 3.42. The highest BCUT2D eigenvalue weighted by atomic mass is 35.5. The number of methoxy groups -OCH3 is 3. The number of halogens is 1. The standard InChI is InChI=1S/C19H19N3O5.ClH/c1-23-15-7-12-16(18(25-3)17(15)24-2)21-9-22-19(12)20-8-11-4-5-13-14(6-11)27-10-26-13;/h4-7,9H,8,10H2,1-3H3,(H,20,21,22);1H. The van der Waals surface area contributed by atoms with Gasteiger partial charge < -0.3 is 29.0 Å². The van der Waals surface area contributed by atoms with Crippen molar-refractivity contribution in [3.05, 3.63) is 36.2 Å². The van der Waals surface area contributed by atoms with Crippen molar-refractivity contribution >= 4 is 29.1 Å². The molecule has 0 bridgehead atoms. The number of nitrogens with one attached hydrogen (secondary N) is 1. The fraction of sp³-hybridized carbons (Fsp3) is 0.263. The first-order chi connectivity index (χ1) is 13.2. The van der Waals surface area contributed by atoms with Gasteiger partial charge in [-0.25, -0.2) is 9.97 Å². The molecule has 1 N–H and O–H groups in total. The van der Waals surface area contributed by atoms with Crippen molar-refractivity contribution < 1.29 is 23.7 Å². The van der Waals surface area contributed by atoms with Crippen LogP contribution in [0.3, 0.4) is 0 Å². The molecule has 1 aliphatic heterocycles. The summed E-state index contributed by atoms with van der Waals surface area (Å²) in [6.45, 7) is 0.809. The van der Waals surface area contributed by atoms with Crippen LogP contribution in [0.2, 0.25) is 0 Å². The van der Waals surface area contributed by atoms with E-state index in [0.29, 0.717) is 35.1 Å². The highest BCUT2D eigenvalue weighted by Crippen LogP contribution is 2.43. The van der Waals surface area contributed by atoms with Crippen LogP contribution in [0.25, 0.3) is 10.9 Å². The van der Waals surface area contributed by atoms with E-state index in [1.165, 1.54) is 6.33 Å². The molecule has 8 nitrogen and oxygen atoms in total. The van der Waals surface area contributed by atoms with Gasteiger partial charge in [-0.3, -0.25) is 0 Å². The van der Waals surface area contributed by atoms with Crippen molar-refractivity contribution in [1.82, 2.24) is 9.97 Å². The molecular formula is C19H20ClN3O5. The van der Waals surface area contributed by atoms with Gasteiger partial charge in [0.2, 0.25) is 12.5 Å². The molecule has 0 saturated heterocycles. The molecule has 0 amide bonds. The quantitative estimate of drug-likeness (QED) is 0.667. The molecule has 0 aliphatic carbocycles. The van der Waals surface area contributed by atoms with Gasteiger partial charge in [-0.2, -0.15) is 0 Å². The highest BCUT2D eigenvalue weighted by molar-refractivity contribution is 5.96. The van der Waals surface area contributed by atoms with Crippen molar-refractivity contribution in [2.75, 3.05) is 33.4 Å². The topological polar surface area (TPSA) is 84.0 Å². The van der Waals surface area contributed by atoms with E-state index in [4.69, 9.17) is 23.7 Å². The van der Waals surface area contributed by atoms with E-state index in [1.54, 1.807) is 21.3 Å². The molecule has 0 spiro atoms. The van der Waals surface area contributed by atoms with E-state index >= 15 is 0 Å². The highest BCUT2D eigenvalue weighted by Gasteiger charge is 2.19. The minimum atomic E-state index is 0. The van der Waals surface area contributed by atoms with E-state index < -0.39 is 0 Å². The average Bonchev–Trinajstić information content (AvgIpc) is 3.18. The van der Waals surface area contributed by atoms with Crippen molar-refractivity contribution in [2.45, 2.75) is 6.54 Å². The maximum absolute atomic E-state index is 5.51. The van der Waals surface area contributed by atoms with Crippen LogP contribution in [0, 0.1) is 0 Å². The van der Waals surface area contributed by atoms with Gasteiger partial charge in [0.1, 0.15) is 17.7 Å². The monoisotopic (exact) mass is 405 g/mol. The van der Waals surface area contributed by atoms with Crippen molar-refractivity contribution in [3.63, 3.8) is 0 Å². The molecule has 148 valence electrons. The van der Waals surface area contributed by atoms with E-state index in [9.17, 15) is 0 Å². The summed E-state index contributed by atoms with van der Waals surface area (Å²) >= 11 is 0. The Hall–Kier alpha value is -3.13. The summed E-state index contributed by atoms with van der Waals surface area (Å²) in [6, 6.07) is 7.66. The third kappa shape index (κ3) is 3.38. The van der Waals surface area contributed by atoms with E-state index in [0.717, 1.165) is 22.4 Å². The molecular weight excluding hydrogens is 386 g/mol. The number of nitrogens with zero attached hydrogens (tertiary/aromatic N) is 2. The third-order valence-electron chi connectivity index (χ3n) is 4.33. The molecule has 4 rings (SSSR count). The fourth-order valence-corrected chi connectivity index (χ4v) is 3.04. The summed E-state index contributed by atoms with van der Waals surface area (Å²) in [7, 11) is 4.71. The lowest BCUT2D eigenvalue weighted by atomic mass is 10.1. The smallest absolute Gasteiger partial charge is 0.231 e. The first-order valence-corrected chi connectivity index (χ1v) is 8.31. The zero-order valence-electron chi connectivity index (χ0n) is 15.6. The number of fused-ring (bicyclic) bond motifs is 2. The van der Waals surface area contributed by atoms with Crippen LogP contribution < -0.4 is 29.0 Å². The third-order valence-corrected chi connectivity index (χ3v) is 4.33. The van der Waals surface area contributed by atoms with Crippen LogP contribution in [-0.2, 0) is 6.54 Å². The number of hydrogen-bond donors (Lipinski definition) is 1. The normalized spacial score (nSPS) is 11.7. The number of ether oxygens (including phenoxy) is 5. The second-order valence-electron chi connectivity index (χ2n) is 5.80. The predicted molar refractivity (Wildman–Crippen MR) is 106 cm³/mol. The van der Waals surface area contributed by atoms with Crippen LogP contribution in [0.15, 0.2) is 30.6 Å². The van der Waals surface area contributed by atoms with Gasteiger partial charge in [0.15, 0.2) is 23.0 Å². The number of hydrogen-bond acceptors (Lipinski definition) is 8. The van der Waals surface area contributed by atoms with Gasteiger partial charge in [0.25, 0.3) is 0 Å². The zero-order chi connectivity index (χ0) is 18.8. The van der Waals surface area contributed by atoms with Gasteiger partial charge in [-0.15, -0.1) is 12.4 Å². The van der Waals surface area contributed by atoms with Gasteiger partial charge in [0, 0.05) is 6.54 Å². The molecule has 2 heterocycles. The minimum absolute atomic E-state index is 0. The molecule has 3 aromatic rings. The second kappa shape index (κ2) is 8.26. The first-order valence-electron chi connectivity index (χ1n) is 8.31. The lowest BCUT2D eigenvalue weighted by molar-refractivity contribution is 0.174. The summed E-state index contributed by atoms with van der Waals surface area (Å²) in [5.41, 5.74) is 1.68. The Labute approximate surface area is 168 Å². The Bertz CT molecular complexity index is 999. The van der Waals surface area contributed by atoms with Crippen molar-refractivity contribution in [2.24, 2.45) is 0 Å². The van der Waals surface area contributed by atoms with Crippen LogP contribution in [-0.4, -0.2) is 38.1 Å². The van der Waals surface area contributed by atoms with Crippen molar-refractivity contribution in [1.29, 1.82) is 0 Å². The van der Waals surface area contributed by atoms with Crippen LogP contribution >= 0.6 is 12.4 Å². The molecule has 1 aromatic heterocycles. The minimum Gasteiger partial charge on any atom is -0.493 e. The SMILES string of the molecule is COc1cc2c(NCc3ccc4c(c3)OCO4)ncnc2c(OC)c1OC.Cl. The molecule has 0 radical (unpaired) electrons. The number of rotatable bonds is 6. The number of aromatic nitrogens is 2. The van der Waals surface area contributed by atoms with Crippen LogP contribution in [0.1, 0.15) is 5.56 Å².